The Balaban J connectivity index is 1.28. The lowest BCUT2D eigenvalue weighted by molar-refractivity contribution is -0.130. The predicted octanol–water partition coefficient (Wildman–Crippen LogP) is 4.56. The third kappa shape index (κ3) is 7.01. The van der Waals surface area contributed by atoms with Gasteiger partial charge in [0, 0.05) is 32.1 Å². The third-order valence-corrected chi connectivity index (χ3v) is 6.29. The highest BCUT2D eigenvalue weighted by Gasteiger charge is 2.23. The Kier molecular flexibility index (Phi) is 8.64. The molecule has 1 aliphatic rings. The van der Waals surface area contributed by atoms with E-state index < -0.39 is 0 Å². The molecular formula is C28H30ClN5O3. The third-order valence-electron chi connectivity index (χ3n) is 5.96. The molecule has 0 unspecified atom stereocenters. The van der Waals surface area contributed by atoms with Crippen molar-refractivity contribution >= 4 is 40.7 Å². The van der Waals surface area contributed by atoms with Crippen molar-refractivity contribution in [1.29, 1.82) is 0 Å². The number of fused-ring (bicyclic) bond motifs is 1. The first-order chi connectivity index (χ1) is 17.9. The summed E-state index contributed by atoms with van der Waals surface area (Å²) in [6.07, 6.45) is 0.966. The molecule has 4 rings (SSSR count). The summed E-state index contributed by atoms with van der Waals surface area (Å²) in [5.74, 6) is 0.654. The summed E-state index contributed by atoms with van der Waals surface area (Å²) in [6.45, 7) is 1.40. The van der Waals surface area contributed by atoms with Gasteiger partial charge in [-0.2, -0.15) is 0 Å². The Hall–Kier alpha value is -4.04. The zero-order valence-electron chi connectivity index (χ0n) is 20.7. The molecule has 0 radical (unpaired) electrons. The van der Waals surface area contributed by atoms with Gasteiger partial charge < -0.3 is 25.6 Å². The first-order valence-electron chi connectivity index (χ1n) is 12.1. The van der Waals surface area contributed by atoms with Gasteiger partial charge in [0.05, 0.1) is 17.3 Å². The van der Waals surface area contributed by atoms with Gasteiger partial charge in [-0.25, -0.2) is 4.99 Å². The number of rotatable bonds is 10. The second-order valence-corrected chi connectivity index (χ2v) is 9.21. The SMILES string of the molecule is CN(Cc1ccccc1)C(=O)CCCOc1cccc2c1N=C(N)N(CC(=O)Nc1ccccc1Cl)C2. The molecule has 0 spiro atoms. The zero-order valence-corrected chi connectivity index (χ0v) is 21.4. The van der Waals surface area contributed by atoms with Gasteiger partial charge in [-0.1, -0.05) is 66.2 Å². The summed E-state index contributed by atoms with van der Waals surface area (Å²) in [6, 6.07) is 22.6. The lowest BCUT2D eigenvalue weighted by Crippen LogP contribution is -2.43. The first kappa shape index (κ1) is 26.0. The summed E-state index contributed by atoms with van der Waals surface area (Å²) in [5.41, 5.74) is 9.37. The second kappa shape index (κ2) is 12.3. The van der Waals surface area contributed by atoms with E-state index >= 15 is 0 Å². The number of hydrogen-bond acceptors (Lipinski definition) is 6. The van der Waals surface area contributed by atoms with Crippen LogP contribution in [0.5, 0.6) is 5.75 Å². The van der Waals surface area contributed by atoms with E-state index in [0.717, 1.165) is 11.1 Å². The fourth-order valence-corrected chi connectivity index (χ4v) is 4.20. The van der Waals surface area contributed by atoms with Crippen molar-refractivity contribution in [2.45, 2.75) is 25.9 Å². The van der Waals surface area contributed by atoms with Crippen LogP contribution in [-0.4, -0.2) is 47.8 Å². The molecule has 3 aromatic rings. The minimum Gasteiger partial charge on any atom is -0.491 e. The number of carbonyl (C=O) groups excluding carboxylic acids is 2. The summed E-state index contributed by atoms with van der Waals surface area (Å²) in [7, 11) is 1.81. The molecule has 0 atom stereocenters. The van der Waals surface area contributed by atoms with E-state index in [1.54, 1.807) is 34.1 Å². The standard InChI is InChI=1S/C28H30ClN5O3/c1-33(17-20-9-3-2-4-10-20)26(36)15-8-16-37-24-14-7-11-21-18-34(28(30)32-27(21)24)19-25(35)31-23-13-6-5-12-22(23)29/h2-7,9-14H,8,15-19H2,1H3,(H2,30,32)(H,31,35). The van der Waals surface area contributed by atoms with Crippen molar-refractivity contribution in [3.05, 3.63) is 88.9 Å². The number of benzene rings is 3. The highest BCUT2D eigenvalue weighted by Crippen LogP contribution is 2.35. The van der Waals surface area contributed by atoms with E-state index in [1.165, 1.54) is 0 Å². The Labute approximate surface area is 221 Å². The molecule has 2 amide bonds. The van der Waals surface area contributed by atoms with Gasteiger partial charge in [-0.3, -0.25) is 9.59 Å². The Morgan fingerprint density at radius 1 is 1.08 bits per heavy atom. The van der Waals surface area contributed by atoms with Crippen LogP contribution in [0, 0.1) is 0 Å². The highest BCUT2D eigenvalue weighted by molar-refractivity contribution is 6.33. The quantitative estimate of drug-likeness (QED) is 0.382. The minimum absolute atomic E-state index is 0.0314. The van der Waals surface area contributed by atoms with Crippen molar-refractivity contribution in [1.82, 2.24) is 9.80 Å². The molecule has 0 saturated carbocycles. The summed E-state index contributed by atoms with van der Waals surface area (Å²) in [4.78, 5) is 33.0. The fraction of sp³-hybridized carbons (Fsp3) is 0.250. The van der Waals surface area contributed by atoms with Gasteiger partial charge in [-0.15, -0.1) is 0 Å². The number of carbonyl (C=O) groups is 2. The summed E-state index contributed by atoms with van der Waals surface area (Å²) in [5, 5.41) is 3.26. The normalized spacial score (nSPS) is 12.4. The minimum atomic E-state index is -0.246. The van der Waals surface area contributed by atoms with Crippen LogP contribution in [0.25, 0.3) is 0 Å². The molecule has 0 bridgehead atoms. The maximum Gasteiger partial charge on any atom is 0.244 e. The molecule has 8 nitrogen and oxygen atoms in total. The smallest absolute Gasteiger partial charge is 0.244 e. The molecule has 9 heteroatoms. The van der Waals surface area contributed by atoms with Crippen LogP contribution in [0.15, 0.2) is 77.8 Å². The molecule has 0 saturated heterocycles. The van der Waals surface area contributed by atoms with Gasteiger partial charge in [0.2, 0.25) is 11.8 Å². The van der Waals surface area contributed by atoms with Crippen molar-refractivity contribution < 1.29 is 14.3 Å². The predicted molar refractivity (Wildman–Crippen MR) is 146 cm³/mol. The Morgan fingerprint density at radius 2 is 1.84 bits per heavy atom. The molecule has 3 aromatic carbocycles. The van der Waals surface area contributed by atoms with E-state index in [9.17, 15) is 9.59 Å². The lowest BCUT2D eigenvalue weighted by Gasteiger charge is -2.28. The number of nitrogens with zero attached hydrogens (tertiary/aromatic N) is 3. The van der Waals surface area contributed by atoms with Gasteiger partial charge in [0.1, 0.15) is 18.0 Å². The molecular weight excluding hydrogens is 490 g/mol. The van der Waals surface area contributed by atoms with Crippen LogP contribution in [0.1, 0.15) is 24.0 Å². The van der Waals surface area contributed by atoms with E-state index in [2.05, 4.69) is 10.3 Å². The summed E-state index contributed by atoms with van der Waals surface area (Å²) < 4.78 is 5.96. The van der Waals surface area contributed by atoms with E-state index in [0.29, 0.717) is 54.7 Å². The largest absolute Gasteiger partial charge is 0.491 e. The molecule has 1 aliphatic heterocycles. The number of nitrogens with one attached hydrogen (secondary N) is 1. The van der Waals surface area contributed by atoms with Crippen LogP contribution in [0.4, 0.5) is 11.4 Å². The average Bonchev–Trinajstić information content (AvgIpc) is 2.89. The molecule has 1 heterocycles. The van der Waals surface area contributed by atoms with Gasteiger partial charge >= 0.3 is 0 Å². The van der Waals surface area contributed by atoms with Crippen LogP contribution in [0.2, 0.25) is 5.02 Å². The topological polar surface area (TPSA) is 100 Å². The van der Waals surface area contributed by atoms with Gasteiger partial charge in [0.25, 0.3) is 0 Å². The Morgan fingerprint density at radius 3 is 2.62 bits per heavy atom. The van der Waals surface area contributed by atoms with Gasteiger partial charge in [-0.05, 0) is 30.2 Å². The number of hydrogen-bond donors (Lipinski definition) is 2. The van der Waals surface area contributed by atoms with E-state index in [1.807, 2.05) is 55.6 Å². The summed E-state index contributed by atoms with van der Waals surface area (Å²) >= 11 is 6.13. The first-order valence-corrected chi connectivity index (χ1v) is 12.4. The Bertz CT molecular complexity index is 1280. The molecule has 0 aliphatic carbocycles. The van der Waals surface area contributed by atoms with Crippen LogP contribution in [0.3, 0.4) is 0 Å². The lowest BCUT2D eigenvalue weighted by atomic mass is 10.1. The van der Waals surface area contributed by atoms with Crippen molar-refractivity contribution in [3.63, 3.8) is 0 Å². The zero-order chi connectivity index (χ0) is 26.2. The van der Waals surface area contributed by atoms with E-state index in [4.69, 9.17) is 22.1 Å². The van der Waals surface area contributed by atoms with Crippen molar-refractivity contribution in [3.8, 4) is 5.75 Å². The van der Waals surface area contributed by atoms with Gasteiger partial charge in [0.15, 0.2) is 5.96 Å². The van der Waals surface area contributed by atoms with E-state index in [-0.39, 0.29) is 24.3 Å². The molecule has 3 N–H and O–H groups in total. The maximum absolute atomic E-state index is 12.6. The monoisotopic (exact) mass is 519 g/mol. The molecule has 192 valence electrons. The maximum atomic E-state index is 12.6. The second-order valence-electron chi connectivity index (χ2n) is 8.81. The van der Waals surface area contributed by atoms with Crippen LogP contribution < -0.4 is 15.8 Å². The molecule has 37 heavy (non-hydrogen) atoms. The number of nitrogens with two attached hydrogens (primary N) is 1. The van der Waals surface area contributed by atoms with Crippen LogP contribution in [-0.2, 0) is 22.7 Å². The number of para-hydroxylation sites is 2. The fourth-order valence-electron chi connectivity index (χ4n) is 4.02. The van der Waals surface area contributed by atoms with Crippen molar-refractivity contribution in [2.24, 2.45) is 10.7 Å². The average molecular weight is 520 g/mol. The molecule has 0 fully saturated rings. The molecule has 0 aromatic heterocycles. The highest BCUT2D eigenvalue weighted by atomic mass is 35.5. The number of aliphatic imine (C=N–C) groups is 1. The number of halogens is 1. The number of guanidine groups is 1. The number of amides is 2. The van der Waals surface area contributed by atoms with Crippen LogP contribution >= 0.6 is 11.6 Å². The number of anilines is 1. The number of ether oxygens (including phenoxy) is 1. The van der Waals surface area contributed by atoms with Crippen molar-refractivity contribution in [2.75, 3.05) is 25.5 Å².